The van der Waals surface area contributed by atoms with Gasteiger partial charge in [0.25, 0.3) is 0 Å². The molecule has 0 amide bonds. The molecule has 0 aliphatic rings. The van der Waals surface area contributed by atoms with E-state index < -0.39 is 0 Å². The standard InChI is InChI=1S/C11H16BrFN2/c1-4-15(7(2)3)11-5-8(12)9(13)6-10(11)14/h5-7H,4,14H2,1-3H3. The predicted molar refractivity (Wildman–Crippen MR) is 66.7 cm³/mol. The van der Waals surface area contributed by atoms with Crippen molar-refractivity contribution >= 4 is 27.3 Å². The summed E-state index contributed by atoms with van der Waals surface area (Å²) >= 11 is 3.17. The molecule has 0 heterocycles. The molecule has 0 spiro atoms. The minimum atomic E-state index is -0.323. The number of rotatable bonds is 3. The van der Waals surface area contributed by atoms with Gasteiger partial charge in [-0.25, -0.2) is 4.39 Å². The van der Waals surface area contributed by atoms with Crippen LogP contribution >= 0.6 is 15.9 Å². The molecule has 0 saturated carbocycles. The van der Waals surface area contributed by atoms with Crippen LogP contribution in [0.2, 0.25) is 0 Å². The summed E-state index contributed by atoms with van der Waals surface area (Å²) in [6.45, 7) is 7.07. The minimum Gasteiger partial charge on any atom is -0.397 e. The Morgan fingerprint density at radius 1 is 1.47 bits per heavy atom. The molecule has 0 aliphatic heterocycles. The lowest BCUT2D eigenvalue weighted by Gasteiger charge is -2.29. The molecule has 4 heteroatoms. The van der Waals surface area contributed by atoms with Gasteiger partial charge in [0.05, 0.1) is 15.8 Å². The van der Waals surface area contributed by atoms with Crippen LogP contribution < -0.4 is 10.6 Å². The maximum atomic E-state index is 13.2. The largest absolute Gasteiger partial charge is 0.397 e. The number of hydrogen-bond donors (Lipinski definition) is 1. The van der Waals surface area contributed by atoms with Crippen LogP contribution in [0, 0.1) is 5.82 Å². The number of nitrogens with two attached hydrogens (primary N) is 1. The number of nitrogens with zero attached hydrogens (tertiary/aromatic N) is 1. The molecule has 0 aliphatic carbocycles. The van der Waals surface area contributed by atoms with Gasteiger partial charge in [-0.1, -0.05) is 0 Å². The monoisotopic (exact) mass is 274 g/mol. The second-order valence-corrected chi connectivity index (χ2v) is 4.56. The van der Waals surface area contributed by atoms with Gasteiger partial charge in [-0.05, 0) is 42.8 Å². The molecule has 0 aromatic heterocycles. The summed E-state index contributed by atoms with van der Waals surface area (Å²) < 4.78 is 13.6. The van der Waals surface area contributed by atoms with Crippen LogP contribution in [0.1, 0.15) is 20.8 Å². The fraction of sp³-hybridized carbons (Fsp3) is 0.455. The minimum absolute atomic E-state index is 0.323. The van der Waals surface area contributed by atoms with Gasteiger partial charge in [0.1, 0.15) is 5.82 Å². The van der Waals surface area contributed by atoms with E-state index in [0.717, 1.165) is 12.2 Å². The van der Waals surface area contributed by atoms with E-state index in [0.29, 0.717) is 16.2 Å². The summed E-state index contributed by atoms with van der Waals surface area (Å²) in [6, 6.07) is 3.42. The second kappa shape index (κ2) is 4.84. The lowest BCUT2D eigenvalue weighted by Crippen LogP contribution is -2.31. The average molecular weight is 275 g/mol. The molecule has 0 saturated heterocycles. The zero-order chi connectivity index (χ0) is 11.6. The molecule has 84 valence electrons. The molecular weight excluding hydrogens is 259 g/mol. The highest BCUT2D eigenvalue weighted by Gasteiger charge is 2.13. The summed E-state index contributed by atoms with van der Waals surface area (Å²) in [6.07, 6.45) is 0. The highest BCUT2D eigenvalue weighted by atomic mass is 79.9. The van der Waals surface area contributed by atoms with E-state index >= 15 is 0 Å². The Bertz CT molecular complexity index is 353. The first-order valence-electron chi connectivity index (χ1n) is 4.98. The summed E-state index contributed by atoms with van der Waals surface area (Å²) in [7, 11) is 0. The van der Waals surface area contributed by atoms with Gasteiger partial charge in [-0.15, -0.1) is 0 Å². The van der Waals surface area contributed by atoms with E-state index in [-0.39, 0.29) is 5.82 Å². The smallest absolute Gasteiger partial charge is 0.139 e. The lowest BCUT2D eigenvalue weighted by molar-refractivity contribution is 0.620. The van der Waals surface area contributed by atoms with Crippen molar-refractivity contribution in [2.45, 2.75) is 26.8 Å². The third-order valence-corrected chi connectivity index (χ3v) is 2.95. The molecule has 0 unspecified atom stereocenters. The zero-order valence-corrected chi connectivity index (χ0v) is 10.8. The molecule has 15 heavy (non-hydrogen) atoms. The Kier molecular flexibility index (Phi) is 3.97. The van der Waals surface area contributed by atoms with Crippen molar-refractivity contribution in [1.82, 2.24) is 0 Å². The number of halogens is 2. The topological polar surface area (TPSA) is 29.3 Å². The van der Waals surface area contributed by atoms with Crippen molar-refractivity contribution in [2.75, 3.05) is 17.2 Å². The summed E-state index contributed by atoms with van der Waals surface area (Å²) in [4.78, 5) is 2.12. The average Bonchev–Trinajstić information content (AvgIpc) is 2.14. The van der Waals surface area contributed by atoms with Gasteiger partial charge < -0.3 is 10.6 Å². The molecule has 1 aromatic carbocycles. The van der Waals surface area contributed by atoms with Gasteiger partial charge >= 0.3 is 0 Å². The normalized spacial score (nSPS) is 10.8. The number of nitrogen functional groups attached to an aromatic ring is 1. The zero-order valence-electron chi connectivity index (χ0n) is 9.22. The predicted octanol–water partition coefficient (Wildman–Crippen LogP) is 3.41. The highest BCUT2D eigenvalue weighted by molar-refractivity contribution is 9.10. The third-order valence-electron chi connectivity index (χ3n) is 2.34. The molecular formula is C11H16BrFN2. The van der Waals surface area contributed by atoms with Gasteiger partial charge in [-0.2, -0.15) is 0 Å². The van der Waals surface area contributed by atoms with Gasteiger partial charge in [-0.3, -0.25) is 0 Å². The fourth-order valence-electron chi connectivity index (χ4n) is 1.61. The van der Waals surface area contributed by atoms with Crippen LogP contribution in [-0.4, -0.2) is 12.6 Å². The van der Waals surface area contributed by atoms with Crippen LogP contribution in [0.15, 0.2) is 16.6 Å². The summed E-state index contributed by atoms with van der Waals surface area (Å²) in [5.41, 5.74) is 7.16. The quantitative estimate of drug-likeness (QED) is 0.856. The first-order chi connectivity index (χ1) is 6.97. The molecule has 1 aromatic rings. The Balaban J connectivity index is 3.18. The summed E-state index contributed by atoms with van der Waals surface area (Å²) in [5, 5.41) is 0. The molecule has 1 rings (SSSR count). The van der Waals surface area contributed by atoms with E-state index in [9.17, 15) is 4.39 Å². The van der Waals surface area contributed by atoms with Crippen molar-refractivity contribution in [3.63, 3.8) is 0 Å². The van der Waals surface area contributed by atoms with Gasteiger partial charge in [0.2, 0.25) is 0 Å². The number of benzene rings is 1. The van der Waals surface area contributed by atoms with Crippen molar-refractivity contribution < 1.29 is 4.39 Å². The van der Waals surface area contributed by atoms with Gasteiger partial charge in [0, 0.05) is 18.7 Å². The lowest BCUT2D eigenvalue weighted by atomic mass is 10.2. The van der Waals surface area contributed by atoms with Crippen LogP contribution in [0.5, 0.6) is 0 Å². The van der Waals surface area contributed by atoms with E-state index in [2.05, 4.69) is 41.6 Å². The van der Waals surface area contributed by atoms with E-state index in [4.69, 9.17) is 5.73 Å². The van der Waals surface area contributed by atoms with E-state index in [1.54, 1.807) is 6.07 Å². The van der Waals surface area contributed by atoms with Crippen LogP contribution in [0.25, 0.3) is 0 Å². The second-order valence-electron chi connectivity index (χ2n) is 3.70. The third kappa shape index (κ3) is 2.62. The summed E-state index contributed by atoms with van der Waals surface area (Å²) in [5.74, 6) is -0.323. The SMILES string of the molecule is CCN(c1cc(Br)c(F)cc1N)C(C)C. The van der Waals surface area contributed by atoms with Gasteiger partial charge in [0.15, 0.2) is 0 Å². The Morgan fingerprint density at radius 3 is 2.53 bits per heavy atom. The number of anilines is 2. The van der Waals surface area contributed by atoms with Crippen molar-refractivity contribution in [3.8, 4) is 0 Å². The van der Waals surface area contributed by atoms with Crippen molar-refractivity contribution in [3.05, 3.63) is 22.4 Å². The molecule has 0 fully saturated rings. The van der Waals surface area contributed by atoms with Crippen LogP contribution in [0.3, 0.4) is 0 Å². The molecule has 0 bridgehead atoms. The van der Waals surface area contributed by atoms with Crippen molar-refractivity contribution in [2.24, 2.45) is 0 Å². The first kappa shape index (κ1) is 12.3. The molecule has 0 atom stereocenters. The highest BCUT2D eigenvalue weighted by Crippen LogP contribution is 2.30. The maximum Gasteiger partial charge on any atom is 0.139 e. The Hall–Kier alpha value is -0.770. The van der Waals surface area contributed by atoms with E-state index in [1.807, 2.05) is 0 Å². The molecule has 2 N–H and O–H groups in total. The van der Waals surface area contributed by atoms with Crippen LogP contribution in [0.4, 0.5) is 15.8 Å². The van der Waals surface area contributed by atoms with Crippen LogP contribution in [-0.2, 0) is 0 Å². The first-order valence-corrected chi connectivity index (χ1v) is 5.77. The maximum absolute atomic E-state index is 13.2. The van der Waals surface area contributed by atoms with E-state index in [1.165, 1.54) is 6.07 Å². The molecule has 0 radical (unpaired) electrons. The van der Waals surface area contributed by atoms with Crippen molar-refractivity contribution in [1.29, 1.82) is 0 Å². The Morgan fingerprint density at radius 2 is 2.07 bits per heavy atom. The fourth-order valence-corrected chi connectivity index (χ4v) is 1.95. The molecule has 2 nitrogen and oxygen atoms in total. The number of hydrogen-bond acceptors (Lipinski definition) is 2. The Labute approximate surface area is 98.4 Å².